The molecule has 142 valence electrons. The van der Waals surface area contributed by atoms with Gasteiger partial charge >= 0.3 is 5.97 Å². The van der Waals surface area contributed by atoms with Gasteiger partial charge in [-0.2, -0.15) is 0 Å². The molecule has 0 bridgehead atoms. The van der Waals surface area contributed by atoms with Crippen molar-refractivity contribution in [3.63, 3.8) is 0 Å². The average molecular weight is 372 g/mol. The number of methoxy groups -OCH3 is 1. The van der Waals surface area contributed by atoms with E-state index in [9.17, 15) is 9.18 Å². The summed E-state index contributed by atoms with van der Waals surface area (Å²) in [4.78, 5) is 15.9. The van der Waals surface area contributed by atoms with E-state index >= 15 is 0 Å². The minimum atomic E-state index is -0.559. The number of ether oxygens (including phenoxy) is 2. The fourth-order valence-corrected chi connectivity index (χ4v) is 2.07. The summed E-state index contributed by atoms with van der Waals surface area (Å²) in [6.07, 6.45) is 3.29. The lowest BCUT2D eigenvalue weighted by molar-refractivity contribution is -0.134. The number of benzene rings is 2. The molecule has 7 heteroatoms. The van der Waals surface area contributed by atoms with E-state index in [-0.39, 0.29) is 18.0 Å². The highest BCUT2D eigenvalue weighted by molar-refractivity contribution is 5.97. The normalized spacial score (nSPS) is 11.4. The molecule has 0 aliphatic rings. The van der Waals surface area contributed by atoms with Gasteiger partial charge < -0.3 is 20.0 Å². The second-order valence-corrected chi connectivity index (χ2v) is 5.44. The van der Waals surface area contributed by atoms with Crippen molar-refractivity contribution in [2.45, 2.75) is 13.0 Å². The number of oxime groups is 1. The highest BCUT2D eigenvalue weighted by Crippen LogP contribution is 2.18. The number of esters is 1. The summed E-state index contributed by atoms with van der Waals surface area (Å²) in [5, 5.41) is 3.68. The third-order valence-electron chi connectivity index (χ3n) is 3.46. The zero-order valence-corrected chi connectivity index (χ0v) is 14.9. The minimum Gasteiger partial charge on any atom is -0.489 e. The molecule has 6 nitrogen and oxygen atoms in total. The molecule has 27 heavy (non-hydrogen) atoms. The average Bonchev–Trinajstić information content (AvgIpc) is 2.69. The summed E-state index contributed by atoms with van der Waals surface area (Å²) in [7, 11) is 1.29. The maximum absolute atomic E-state index is 14.2. The summed E-state index contributed by atoms with van der Waals surface area (Å²) in [5.41, 5.74) is 6.85. The molecule has 2 aromatic carbocycles. The molecule has 0 spiro atoms. The first-order valence-corrected chi connectivity index (χ1v) is 8.26. The molecule has 0 saturated carbocycles. The largest absolute Gasteiger partial charge is 0.489 e. The van der Waals surface area contributed by atoms with Gasteiger partial charge in [0.05, 0.1) is 12.7 Å². The van der Waals surface area contributed by atoms with Crippen molar-refractivity contribution in [1.82, 2.24) is 0 Å². The SMILES string of the molecule is COC(=O)/C=C/CCO/N=C(\N)c1ccc(OCc2ccccc2)cc1F. The number of hydrogen-bond donors (Lipinski definition) is 1. The number of carbonyl (C=O) groups excluding carboxylic acids is 1. The topological polar surface area (TPSA) is 83.1 Å². The van der Waals surface area contributed by atoms with Gasteiger partial charge in [-0.15, -0.1) is 0 Å². The van der Waals surface area contributed by atoms with E-state index in [1.807, 2.05) is 30.3 Å². The molecule has 0 fully saturated rings. The summed E-state index contributed by atoms with van der Waals surface area (Å²) >= 11 is 0. The third-order valence-corrected chi connectivity index (χ3v) is 3.46. The Morgan fingerprint density at radius 3 is 2.70 bits per heavy atom. The Balaban J connectivity index is 1.86. The van der Waals surface area contributed by atoms with Gasteiger partial charge in [-0.1, -0.05) is 41.6 Å². The van der Waals surface area contributed by atoms with E-state index in [1.165, 1.54) is 25.3 Å². The predicted octanol–water partition coefficient (Wildman–Crippen LogP) is 3.16. The quantitative estimate of drug-likeness (QED) is 0.183. The predicted molar refractivity (Wildman–Crippen MR) is 99.6 cm³/mol. The molecule has 0 radical (unpaired) electrons. The molecule has 2 rings (SSSR count). The highest BCUT2D eigenvalue weighted by Gasteiger charge is 2.09. The fourth-order valence-electron chi connectivity index (χ4n) is 2.07. The van der Waals surface area contributed by atoms with Crippen LogP contribution in [0.2, 0.25) is 0 Å². The van der Waals surface area contributed by atoms with Crippen molar-refractivity contribution >= 4 is 11.8 Å². The van der Waals surface area contributed by atoms with E-state index < -0.39 is 11.8 Å². The van der Waals surface area contributed by atoms with Gasteiger partial charge in [-0.25, -0.2) is 9.18 Å². The van der Waals surface area contributed by atoms with Crippen LogP contribution in [0.1, 0.15) is 17.5 Å². The summed E-state index contributed by atoms with van der Waals surface area (Å²) in [6, 6.07) is 13.9. The Hall–Kier alpha value is -3.35. The van der Waals surface area contributed by atoms with Crippen LogP contribution in [0.15, 0.2) is 65.8 Å². The first kappa shape index (κ1) is 20.0. The van der Waals surface area contributed by atoms with E-state index in [2.05, 4.69) is 9.89 Å². The maximum Gasteiger partial charge on any atom is 0.330 e. The van der Waals surface area contributed by atoms with Crippen molar-refractivity contribution in [2.24, 2.45) is 10.9 Å². The van der Waals surface area contributed by atoms with Gasteiger partial charge in [0.15, 0.2) is 5.84 Å². The summed E-state index contributed by atoms with van der Waals surface area (Å²) in [6.45, 7) is 0.527. The zero-order chi connectivity index (χ0) is 19.5. The number of hydrogen-bond acceptors (Lipinski definition) is 5. The van der Waals surface area contributed by atoms with Crippen LogP contribution < -0.4 is 10.5 Å². The van der Waals surface area contributed by atoms with E-state index in [4.69, 9.17) is 15.3 Å². The Kier molecular flexibility index (Phi) is 7.84. The Morgan fingerprint density at radius 1 is 1.22 bits per heavy atom. The molecule has 0 aromatic heterocycles. The van der Waals surface area contributed by atoms with Crippen LogP contribution in [0.4, 0.5) is 4.39 Å². The van der Waals surface area contributed by atoms with Crippen molar-refractivity contribution < 1.29 is 23.5 Å². The van der Waals surface area contributed by atoms with Crippen molar-refractivity contribution in [1.29, 1.82) is 0 Å². The molecule has 0 atom stereocenters. The molecule has 2 aromatic rings. The van der Waals surface area contributed by atoms with Crippen molar-refractivity contribution in [2.75, 3.05) is 13.7 Å². The summed E-state index contributed by atoms with van der Waals surface area (Å²) in [5.74, 6) is -0.702. The Labute approximate surface area is 157 Å². The molecule has 2 N–H and O–H groups in total. The first-order chi connectivity index (χ1) is 13.1. The van der Waals surface area contributed by atoms with Gasteiger partial charge in [0.2, 0.25) is 0 Å². The molecular formula is C20H21FN2O4. The highest BCUT2D eigenvalue weighted by atomic mass is 19.1. The maximum atomic E-state index is 14.2. The van der Waals surface area contributed by atoms with Gasteiger partial charge in [-0.3, -0.25) is 0 Å². The number of nitrogens with two attached hydrogens (primary N) is 1. The molecule has 0 unspecified atom stereocenters. The Morgan fingerprint density at radius 2 is 2.00 bits per heavy atom. The second kappa shape index (κ2) is 10.6. The lowest BCUT2D eigenvalue weighted by Crippen LogP contribution is -2.16. The van der Waals surface area contributed by atoms with E-state index in [0.717, 1.165) is 5.56 Å². The standard InChI is InChI=1S/C20H21FN2O4/c1-25-19(24)9-5-6-12-27-23-20(22)17-11-10-16(13-18(17)21)26-14-15-7-3-2-4-8-15/h2-5,7-11,13H,6,12,14H2,1H3,(H2,22,23)/b9-5+. The van der Waals surface area contributed by atoms with Crippen LogP contribution in [0, 0.1) is 5.82 Å². The van der Waals surface area contributed by atoms with Crippen molar-refractivity contribution in [3.8, 4) is 5.75 Å². The molecule has 0 aliphatic heterocycles. The van der Waals surface area contributed by atoms with Crippen LogP contribution in [-0.2, 0) is 21.0 Å². The number of halogens is 1. The van der Waals surface area contributed by atoms with Crippen LogP contribution in [-0.4, -0.2) is 25.5 Å². The first-order valence-electron chi connectivity index (χ1n) is 8.26. The molecule has 0 saturated heterocycles. The molecule has 0 heterocycles. The number of nitrogens with zero attached hydrogens (tertiary/aromatic N) is 1. The van der Waals surface area contributed by atoms with Gasteiger partial charge in [0, 0.05) is 18.6 Å². The lowest BCUT2D eigenvalue weighted by atomic mass is 10.2. The van der Waals surface area contributed by atoms with Crippen LogP contribution in [0.3, 0.4) is 0 Å². The number of amidine groups is 1. The molecule has 0 amide bonds. The second-order valence-electron chi connectivity index (χ2n) is 5.44. The van der Waals surface area contributed by atoms with Gasteiger partial charge in [0.1, 0.15) is 24.8 Å². The monoisotopic (exact) mass is 372 g/mol. The third kappa shape index (κ3) is 6.81. The number of rotatable bonds is 9. The number of carbonyl (C=O) groups is 1. The lowest BCUT2D eigenvalue weighted by Gasteiger charge is -2.08. The Bertz CT molecular complexity index is 807. The molecule has 0 aliphatic carbocycles. The van der Waals surface area contributed by atoms with E-state index in [1.54, 1.807) is 12.1 Å². The van der Waals surface area contributed by atoms with Crippen molar-refractivity contribution in [3.05, 3.63) is 77.6 Å². The van der Waals surface area contributed by atoms with Crippen LogP contribution in [0.25, 0.3) is 0 Å². The molecular weight excluding hydrogens is 351 g/mol. The minimum absolute atomic E-state index is 0.0842. The fraction of sp³-hybridized carbons (Fsp3) is 0.200. The van der Waals surface area contributed by atoms with Gasteiger partial charge in [0.25, 0.3) is 0 Å². The smallest absolute Gasteiger partial charge is 0.330 e. The van der Waals surface area contributed by atoms with Crippen LogP contribution in [0.5, 0.6) is 5.75 Å². The van der Waals surface area contributed by atoms with Gasteiger partial charge in [-0.05, 0) is 17.7 Å². The van der Waals surface area contributed by atoms with Crippen LogP contribution >= 0.6 is 0 Å². The zero-order valence-electron chi connectivity index (χ0n) is 14.9. The summed E-state index contributed by atoms with van der Waals surface area (Å²) < 4.78 is 24.2. The van der Waals surface area contributed by atoms with E-state index in [0.29, 0.717) is 18.8 Å².